The first-order valence-electron chi connectivity index (χ1n) is 16.4. The summed E-state index contributed by atoms with van der Waals surface area (Å²) in [5, 5.41) is 3.58. The zero-order valence-corrected chi connectivity index (χ0v) is 32.8. The van der Waals surface area contributed by atoms with Crippen LogP contribution in [0.2, 0.25) is 19.6 Å². The first kappa shape index (κ1) is 36.4. The van der Waals surface area contributed by atoms with Gasteiger partial charge in [0.1, 0.15) is 0 Å². The SMILES string of the molecule is CC(C)Cc1cc(-c2[c-]cccc2)ncc1[Si](C)(C)C.CC(C)c1ccc2c(n1)oc1c(-c3cc(C(C)(C)C)ccn3)[c-]ccc12.[Ir]. The predicted molar refractivity (Wildman–Crippen MR) is 196 cm³/mol. The van der Waals surface area contributed by atoms with Crippen LogP contribution >= 0.6 is 0 Å². The molecule has 6 heteroatoms. The molecule has 6 rings (SSSR count). The van der Waals surface area contributed by atoms with Gasteiger partial charge in [0.15, 0.2) is 0 Å². The van der Waals surface area contributed by atoms with Crippen LogP contribution in [0, 0.1) is 18.1 Å². The molecule has 4 nitrogen and oxygen atoms in total. The Morgan fingerprint density at radius 2 is 1.60 bits per heavy atom. The summed E-state index contributed by atoms with van der Waals surface area (Å²) in [6.07, 6.45) is 5.10. The number of rotatable bonds is 6. The summed E-state index contributed by atoms with van der Waals surface area (Å²) < 4.78 is 6.17. The van der Waals surface area contributed by atoms with E-state index in [0.717, 1.165) is 51.0 Å². The van der Waals surface area contributed by atoms with Crippen LogP contribution in [0.15, 0.2) is 83.5 Å². The van der Waals surface area contributed by atoms with Gasteiger partial charge in [-0.1, -0.05) is 96.8 Å². The summed E-state index contributed by atoms with van der Waals surface area (Å²) in [5.74, 6) is 1.03. The molecule has 0 saturated heterocycles. The molecular weight excluding hydrogens is 771 g/mol. The second kappa shape index (κ2) is 14.8. The Labute approximate surface area is 295 Å². The number of hydrogen-bond donors (Lipinski definition) is 0. The average Bonchev–Trinajstić information content (AvgIpc) is 3.39. The summed E-state index contributed by atoms with van der Waals surface area (Å²) in [4.78, 5) is 14.0. The number of fused-ring (bicyclic) bond motifs is 3. The molecular formula is C41H47IrN3OSi-2. The van der Waals surface area contributed by atoms with Crippen LogP contribution < -0.4 is 5.19 Å². The maximum absolute atomic E-state index is 6.17. The average molecular weight is 818 g/mol. The molecule has 0 aliphatic heterocycles. The van der Waals surface area contributed by atoms with Gasteiger partial charge in [0, 0.05) is 43.6 Å². The van der Waals surface area contributed by atoms with E-state index in [4.69, 9.17) is 9.40 Å². The minimum atomic E-state index is -1.34. The fraction of sp³-hybridized carbons (Fsp3) is 0.341. The van der Waals surface area contributed by atoms with E-state index in [1.54, 1.807) is 0 Å². The van der Waals surface area contributed by atoms with Gasteiger partial charge in [-0.05, 0) is 64.0 Å². The Balaban J connectivity index is 0.000000216. The topological polar surface area (TPSA) is 51.8 Å². The molecule has 0 saturated carbocycles. The molecule has 0 atom stereocenters. The molecule has 0 unspecified atom stereocenters. The molecule has 0 bridgehead atoms. The number of pyridine rings is 3. The van der Waals surface area contributed by atoms with Gasteiger partial charge in [-0.15, -0.1) is 54.1 Å². The van der Waals surface area contributed by atoms with Gasteiger partial charge in [0.2, 0.25) is 5.71 Å². The van der Waals surface area contributed by atoms with Gasteiger partial charge in [-0.2, -0.15) is 0 Å². The number of furan rings is 1. The smallest absolute Gasteiger partial charge is 0.216 e. The molecule has 0 N–H and O–H groups in total. The van der Waals surface area contributed by atoms with E-state index in [0.29, 0.717) is 17.5 Å². The molecule has 4 heterocycles. The summed E-state index contributed by atoms with van der Waals surface area (Å²) >= 11 is 0. The molecule has 0 fully saturated rings. The zero-order valence-electron chi connectivity index (χ0n) is 29.5. The van der Waals surface area contributed by atoms with Crippen LogP contribution in [-0.2, 0) is 31.9 Å². The van der Waals surface area contributed by atoms with Gasteiger partial charge in [0.25, 0.3) is 0 Å². The summed E-state index contributed by atoms with van der Waals surface area (Å²) in [5.41, 5.74) is 9.19. The molecule has 0 spiro atoms. The molecule has 2 aromatic carbocycles. The molecule has 47 heavy (non-hydrogen) atoms. The molecule has 1 radical (unpaired) electrons. The van der Waals surface area contributed by atoms with Crippen molar-refractivity contribution < 1.29 is 24.5 Å². The number of nitrogens with zero attached hydrogens (tertiary/aromatic N) is 3. The van der Waals surface area contributed by atoms with Crippen LogP contribution in [0.4, 0.5) is 0 Å². The van der Waals surface area contributed by atoms with Crippen LogP contribution in [-0.4, -0.2) is 23.0 Å². The molecule has 0 aliphatic carbocycles. The Kier molecular flexibility index (Phi) is 11.4. The molecule has 247 valence electrons. The first-order valence-corrected chi connectivity index (χ1v) is 19.9. The van der Waals surface area contributed by atoms with Gasteiger partial charge < -0.3 is 14.4 Å². The second-order valence-electron chi connectivity index (χ2n) is 15.0. The Bertz CT molecular complexity index is 1950. The summed E-state index contributed by atoms with van der Waals surface area (Å²) in [6, 6.07) is 29.3. The van der Waals surface area contributed by atoms with Gasteiger partial charge >= 0.3 is 0 Å². The Morgan fingerprint density at radius 3 is 2.23 bits per heavy atom. The van der Waals surface area contributed by atoms with Gasteiger partial charge in [-0.25, -0.2) is 4.98 Å². The molecule has 0 amide bonds. The third-order valence-corrected chi connectivity index (χ3v) is 10.3. The van der Waals surface area contributed by atoms with Crippen LogP contribution in [0.25, 0.3) is 44.6 Å². The third-order valence-electron chi connectivity index (χ3n) is 8.20. The minimum absolute atomic E-state index is 0. The van der Waals surface area contributed by atoms with Crippen molar-refractivity contribution in [1.29, 1.82) is 0 Å². The van der Waals surface area contributed by atoms with Crippen molar-refractivity contribution in [2.75, 3.05) is 0 Å². The van der Waals surface area contributed by atoms with E-state index in [9.17, 15) is 0 Å². The standard InChI is InChI=1S/C23H23N2O.C18H24NSi.Ir/c1-14(2)19-10-9-17-16-7-6-8-18(21(16)26-22(17)25-19)20-13-15(11-12-24-20)23(3,4)5;1-14(2)11-16-12-17(15-9-7-6-8-10-15)19-13-18(16)20(3,4)5;/h6-7,9-14H,1-5H3;6-9,12-14H,11H2,1-5H3;/q2*-1;. The summed E-state index contributed by atoms with van der Waals surface area (Å²) in [6.45, 7) is 22.6. The van der Waals surface area contributed by atoms with Crippen LogP contribution in [0.5, 0.6) is 0 Å². The Morgan fingerprint density at radius 1 is 0.830 bits per heavy atom. The van der Waals surface area contributed by atoms with Crippen LogP contribution in [0.3, 0.4) is 0 Å². The maximum atomic E-state index is 6.17. The van der Waals surface area contributed by atoms with Crippen molar-refractivity contribution >= 4 is 35.3 Å². The van der Waals surface area contributed by atoms with Crippen molar-refractivity contribution in [1.82, 2.24) is 15.0 Å². The predicted octanol–water partition coefficient (Wildman–Crippen LogP) is 10.6. The fourth-order valence-corrected chi connectivity index (χ4v) is 7.25. The van der Waals surface area contributed by atoms with Crippen molar-refractivity contribution in [2.24, 2.45) is 5.92 Å². The number of hydrogen-bond acceptors (Lipinski definition) is 4. The van der Waals surface area contributed by atoms with E-state index >= 15 is 0 Å². The molecule has 0 aliphatic rings. The molecule has 4 aromatic heterocycles. The van der Waals surface area contributed by atoms with E-state index in [-0.39, 0.29) is 25.5 Å². The summed E-state index contributed by atoms with van der Waals surface area (Å²) in [7, 11) is -1.34. The van der Waals surface area contributed by atoms with Gasteiger partial charge in [0.05, 0.1) is 13.7 Å². The maximum Gasteiger partial charge on any atom is 0.216 e. The largest absolute Gasteiger partial charge is 0.486 e. The Hall–Kier alpha value is -3.44. The zero-order chi connectivity index (χ0) is 33.2. The fourth-order valence-electron chi connectivity index (χ4n) is 5.66. The third kappa shape index (κ3) is 8.54. The van der Waals surface area contributed by atoms with E-state index < -0.39 is 8.07 Å². The van der Waals surface area contributed by atoms with Crippen molar-refractivity contribution in [3.05, 3.63) is 108 Å². The van der Waals surface area contributed by atoms with Gasteiger partial charge in [-0.3, -0.25) is 0 Å². The van der Waals surface area contributed by atoms with Crippen LogP contribution in [0.1, 0.15) is 71.2 Å². The van der Waals surface area contributed by atoms with Crippen molar-refractivity contribution in [3.8, 4) is 22.5 Å². The van der Waals surface area contributed by atoms with E-state index in [2.05, 4.69) is 133 Å². The van der Waals surface area contributed by atoms with E-state index in [1.165, 1.54) is 16.3 Å². The van der Waals surface area contributed by atoms with Crippen molar-refractivity contribution in [3.63, 3.8) is 0 Å². The monoisotopic (exact) mass is 818 g/mol. The second-order valence-corrected chi connectivity index (χ2v) is 20.0. The molecule has 6 aromatic rings. The normalized spacial score (nSPS) is 11.9. The quantitative estimate of drug-likeness (QED) is 0.124. The van der Waals surface area contributed by atoms with E-state index in [1.807, 2.05) is 36.5 Å². The van der Waals surface area contributed by atoms with Crippen molar-refractivity contribution in [2.45, 2.75) is 85.9 Å². The minimum Gasteiger partial charge on any atom is -0.486 e. The first-order chi connectivity index (χ1) is 21.7. The number of aromatic nitrogens is 3. The number of benzene rings is 2.